The SMILES string of the molecule is O=C(C=Cc1ccc(Cl)cc1)N[C@@H](Cc1ccccc1)C(=O)O. The van der Waals surface area contributed by atoms with Crippen molar-refractivity contribution in [2.45, 2.75) is 12.5 Å². The second-order valence-electron chi connectivity index (χ2n) is 4.97. The highest BCUT2D eigenvalue weighted by atomic mass is 35.5. The first kappa shape index (κ1) is 16.8. The monoisotopic (exact) mass is 329 g/mol. The van der Waals surface area contributed by atoms with E-state index in [-0.39, 0.29) is 6.42 Å². The molecule has 0 bridgehead atoms. The molecule has 2 N–H and O–H groups in total. The minimum atomic E-state index is -1.07. The summed E-state index contributed by atoms with van der Waals surface area (Å²) in [5.74, 6) is -1.52. The van der Waals surface area contributed by atoms with Crippen LogP contribution in [0.4, 0.5) is 0 Å². The number of carbonyl (C=O) groups excluding carboxylic acids is 1. The largest absolute Gasteiger partial charge is 0.480 e. The summed E-state index contributed by atoms with van der Waals surface area (Å²) in [7, 11) is 0. The van der Waals surface area contributed by atoms with Crippen molar-refractivity contribution in [3.05, 3.63) is 76.8 Å². The number of carbonyl (C=O) groups is 2. The number of amides is 1. The molecule has 2 aromatic rings. The van der Waals surface area contributed by atoms with Gasteiger partial charge in [-0.1, -0.05) is 54.1 Å². The van der Waals surface area contributed by atoms with Crippen molar-refractivity contribution in [3.8, 4) is 0 Å². The van der Waals surface area contributed by atoms with Crippen LogP contribution in [-0.2, 0) is 16.0 Å². The van der Waals surface area contributed by atoms with Crippen molar-refractivity contribution in [1.29, 1.82) is 0 Å². The van der Waals surface area contributed by atoms with Crippen LogP contribution in [0.2, 0.25) is 5.02 Å². The van der Waals surface area contributed by atoms with Gasteiger partial charge in [0.15, 0.2) is 0 Å². The van der Waals surface area contributed by atoms with Gasteiger partial charge < -0.3 is 10.4 Å². The molecule has 0 aromatic heterocycles. The molecular formula is C18H16ClNO3. The van der Waals surface area contributed by atoms with Gasteiger partial charge in [-0.05, 0) is 29.3 Å². The maximum atomic E-state index is 11.9. The van der Waals surface area contributed by atoms with E-state index >= 15 is 0 Å². The number of carboxylic acids is 1. The number of rotatable bonds is 6. The number of halogens is 1. The molecule has 118 valence electrons. The third-order valence-corrected chi connectivity index (χ3v) is 3.45. The van der Waals surface area contributed by atoms with Gasteiger partial charge >= 0.3 is 5.97 Å². The van der Waals surface area contributed by atoms with E-state index < -0.39 is 17.9 Å². The fraction of sp³-hybridized carbons (Fsp3) is 0.111. The lowest BCUT2D eigenvalue weighted by atomic mass is 10.1. The predicted octanol–water partition coefficient (Wildman–Crippen LogP) is 3.17. The lowest BCUT2D eigenvalue weighted by molar-refractivity contribution is -0.141. The van der Waals surface area contributed by atoms with Crippen molar-refractivity contribution in [2.75, 3.05) is 0 Å². The molecule has 0 saturated heterocycles. The molecule has 2 rings (SSSR count). The Bertz CT molecular complexity index is 696. The molecule has 0 fully saturated rings. The topological polar surface area (TPSA) is 66.4 Å². The molecular weight excluding hydrogens is 314 g/mol. The Labute approximate surface area is 139 Å². The summed E-state index contributed by atoms with van der Waals surface area (Å²) in [6, 6.07) is 15.2. The Morgan fingerprint density at radius 1 is 1.09 bits per heavy atom. The molecule has 0 heterocycles. The van der Waals surface area contributed by atoms with Crippen molar-refractivity contribution in [3.63, 3.8) is 0 Å². The smallest absolute Gasteiger partial charge is 0.326 e. The maximum Gasteiger partial charge on any atom is 0.326 e. The molecule has 0 aliphatic heterocycles. The van der Waals surface area contributed by atoms with E-state index in [9.17, 15) is 14.7 Å². The second kappa shape index (κ2) is 8.15. The van der Waals surface area contributed by atoms with Crippen molar-refractivity contribution in [2.24, 2.45) is 0 Å². The third-order valence-electron chi connectivity index (χ3n) is 3.19. The Balaban J connectivity index is 1.98. The van der Waals surface area contributed by atoms with Crippen LogP contribution < -0.4 is 5.32 Å². The number of aliphatic carboxylic acids is 1. The van der Waals surface area contributed by atoms with E-state index in [0.717, 1.165) is 11.1 Å². The first-order chi connectivity index (χ1) is 11.0. The van der Waals surface area contributed by atoms with Crippen LogP contribution in [0.5, 0.6) is 0 Å². The molecule has 1 amide bonds. The number of hydrogen-bond donors (Lipinski definition) is 2. The fourth-order valence-electron chi connectivity index (χ4n) is 2.02. The van der Waals surface area contributed by atoms with Gasteiger partial charge in [-0.3, -0.25) is 4.79 Å². The minimum absolute atomic E-state index is 0.233. The summed E-state index contributed by atoms with van der Waals surface area (Å²) < 4.78 is 0. The highest BCUT2D eigenvalue weighted by Gasteiger charge is 2.19. The summed E-state index contributed by atoms with van der Waals surface area (Å²) in [4.78, 5) is 23.2. The first-order valence-corrected chi connectivity index (χ1v) is 7.43. The van der Waals surface area contributed by atoms with E-state index in [1.165, 1.54) is 6.08 Å². The van der Waals surface area contributed by atoms with Gasteiger partial charge in [0.2, 0.25) is 5.91 Å². The van der Waals surface area contributed by atoms with Gasteiger partial charge in [-0.25, -0.2) is 4.79 Å². The van der Waals surface area contributed by atoms with Gasteiger partial charge in [0, 0.05) is 17.5 Å². The van der Waals surface area contributed by atoms with Crippen LogP contribution in [0, 0.1) is 0 Å². The summed E-state index contributed by atoms with van der Waals surface area (Å²) in [6.07, 6.45) is 3.15. The van der Waals surface area contributed by atoms with Crippen LogP contribution in [-0.4, -0.2) is 23.0 Å². The quantitative estimate of drug-likeness (QED) is 0.800. The Morgan fingerprint density at radius 2 is 1.74 bits per heavy atom. The second-order valence-corrected chi connectivity index (χ2v) is 5.41. The average Bonchev–Trinajstić information content (AvgIpc) is 2.54. The average molecular weight is 330 g/mol. The van der Waals surface area contributed by atoms with Crippen molar-refractivity contribution >= 4 is 29.6 Å². The van der Waals surface area contributed by atoms with Crippen LogP contribution in [0.25, 0.3) is 6.08 Å². The van der Waals surface area contributed by atoms with Crippen LogP contribution in [0.15, 0.2) is 60.7 Å². The van der Waals surface area contributed by atoms with Gasteiger partial charge in [0.25, 0.3) is 0 Å². The lowest BCUT2D eigenvalue weighted by Gasteiger charge is -2.13. The highest BCUT2D eigenvalue weighted by molar-refractivity contribution is 6.30. The third kappa shape index (κ3) is 5.60. The van der Waals surface area contributed by atoms with E-state index in [4.69, 9.17) is 11.6 Å². The molecule has 0 unspecified atom stereocenters. The summed E-state index contributed by atoms with van der Waals surface area (Å²) in [5, 5.41) is 12.4. The summed E-state index contributed by atoms with van der Waals surface area (Å²) >= 11 is 5.79. The first-order valence-electron chi connectivity index (χ1n) is 7.05. The normalized spacial score (nSPS) is 12.0. The van der Waals surface area contributed by atoms with Crippen molar-refractivity contribution < 1.29 is 14.7 Å². The van der Waals surface area contributed by atoms with Crippen LogP contribution >= 0.6 is 11.6 Å². The molecule has 0 spiro atoms. The number of nitrogens with one attached hydrogen (secondary N) is 1. The molecule has 0 aliphatic carbocycles. The number of hydrogen-bond acceptors (Lipinski definition) is 2. The zero-order valence-corrected chi connectivity index (χ0v) is 13.0. The molecule has 2 aromatic carbocycles. The Kier molecular flexibility index (Phi) is 5.94. The molecule has 0 aliphatic rings. The van der Waals surface area contributed by atoms with E-state index in [0.29, 0.717) is 5.02 Å². The molecule has 5 heteroatoms. The van der Waals surface area contributed by atoms with E-state index in [1.807, 2.05) is 30.3 Å². The minimum Gasteiger partial charge on any atom is -0.480 e. The molecule has 1 atom stereocenters. The molecule has 0 radical (unpaired) electrons. The lowest BCUT2D eigenvalue weighted by Crippen LogP contribution is -2.41. The molecule has 23 heavy (non-hydrogen) atoms. The predicted molar refractivity (Wildman–Crippen MR) is 90.2 cm³/mol. The zero-order chi connectivity index (χ0) is 16.7. The summed E-state index contributed by atoms with van der Waals surface area (Å²) in [5.41, 5.74) is 1.65. The zero-order valence-electron chi connectivity index (χ0n) is 12.3. The maximum absolute atomic E-state index is 11.9. The standard InChI is InChI=1S/C18H16ClNO3/c19-15-9-6-13(7-10-15)8-11-17(21)20-16(18(22)23)12-14-4-2-1-3-5-14/h1-11,16H,12H2,(H,20,21)(H,22,23)/t16-/m0/s1. The van der Waals surface area contributed by atoms with Crippen LogP contribution in [0.3, 0.4) is 0 Å². The molecule has 0 saturated carbocycles. The van der Waals surface area contributed by atoms with Crippen molar-refractivity contribution in [1.82, 2.24) is 5.32 Å². The van der Waals surface area contributed by atoms with E-state index in [2.05, 4.69) is 5.32 Å². The number of carboxylic acid groups (broad SMARTS) is 1. The van der Waals surface area contributed by atoms with E-state index in [1.54, 1.807) is 30.3 Å². The fourth-order valence-corrected chi connectivity index (χ4v) is 2.14. The Morgan fingerprint density at radius 3 is 2.35 bits per heavy atom. The van der Waals surface area contributed by atoms with Gasteiger partial charge in [-0.2, -0.15) is 0 Å². The Hall–Kier alpha value is -2.59. The van der Waals surface area contributed by atoms with Gasteiger partial charge in [0.05, 0.1) is 0 Å². The highest BCUT2D eigenvalue weighted by Crippen LogP contribution is 2.10. The number of benzene rings is 2. The van der Waals surface area contributed by atoms with Gasteiger partial charge in [-0.15, -0.1) is 0 Å². The molecule has 4 nitrogen and oxygen atoms in total. The van der Waals surface area contributed by atoms with Crippen LogP contribution in [0.1, 0.15) is 11.1 Å². The van der Waals surface area contributed by atoms with Gasteiger partial charge in [0.1, 0.15) is 6.04 Å². The summed E-state index contributed by atoms with van der Waals surface area (Å²) in [6.45, 7) is 0.